The number of hydrogen-bond donors (Lipinski definition) is 1. The fraction of sp³-hybridized carbons (Fsp3) is 0.900. The summed E-state index contributed by atoms with van der Waals surface area (Å²) in [5.74, 6) is -1.99. The zero-order chi connectivity index (χ0) is 12.0. The van der Waals surface area contributed by atoms with Crippen LogP contribution in [0.15, 0.2) is 0 Å². The Labute approximate surface area is 94.4 Å². The van der Waals surface area contributed by atoms with E-state index in [1.54, 1.807) is 0 Å². The topological polar surface area (TPSA) is 74.2 Å². The van der Waals surface area contributed by atoms with Crippen LogP contribution >= 0.6 is 0 Å². The van der Waals surface area contributed by atoms with Crippen molar-refractivity contribution < 1.29 is 28.8 Å². The molecule has 0 radical (unpaired) electrons. The molecule has 94 valence electrons. The quantitative estimate of drug-likeness (QED) is 0.534. The predicted molar refractivity (Wildman–Crippen MR) is 53.5 cm³/mol. The third-order valence-corrected chi connectivity index (χ3v) is 2.43. The van der Waals surface area contributed by atoms with Crippen molar-refractivity contribution in [3.8, 4) is 0 Å². The minimum atomic E-state index is -1.48. The highest BCUT2D eigenvalue weighted by atomic mass is 16.7. The van der Waals surface area contributed by atoms with Crippen LogP contribution in [0.5, 0.6) is 0 Å². The lowest BCUT2D eigenvalue weighted by Gasteiger charge is -2.35. The smallest absolute Gasteiger partial charge is 0.310 e. The van der Waals surface area contributed by atoms with E-state index in [4.69, 9.17) is 14.2 Å². The number of ether oxygens (including phenoxy) is 4. The first-order valence-corrected chi connectivity index (χ1v) is 5.13. The highest BCUT2D eigenvalue weighted by molar-refractivity contribution is 5.70. The molecule has 0 spiro atoms. The second-order valence-corrected chi connectivity index (χ2v) is 3.74. The summed E-state index contributed by atoms with van der Waals surface area (Å²) in [5, 5.41) is 10.00. The molecule has 0 aliphatic carbocycles. The molecule has 1 saturated heterocycles. The van der Waals surface area contributed by atoms with Crippen LogP contribution < -0.4 is 0 Å². The normalized spacial score (nSPS) is 30.1. The Bertz CT molecular complexity index is 231. The Morgan fingerprint density at radius 1 is 1.56 bits per heavy atom. The lowest BCUT2D eigenvalue weighted by Crippen LogP contribution is -2.44. The molecule has 0 aromatic heterocycles. The highest BCUT2D eigenvalue weighted by Gasteiger charge is 2.38. The molecule has 6 nitrogen and oxygen atoms in total. The molecule has 16 heavy (non-hydrogen) atoms. The number of hydrogen-bond acceptors (Lipinski definition) is 6. The average molecular weight is 234 g/mol. The second-order valence-electron chi connectivity index (χ2n) is 3.74. The van der Waals surface area contributed by atoms with Crippen molar-refractivity contribution in [3.05, 3.63) is 0 Å². The van der Waals surface area contributed by atoms with Gasteiger partial charge in [-0.15, -0.1) is 0 Å². The van der Waals surface area contributed by atoms with E-state index >= 15 is 0 Å². The van der Waals surface area contributed by atoms with Crippen LogP contribution in [0, 0.1) is 0 Å². The van der Waals surface area contributed by atoms with Gasteiger partial charge in [0.1, 0.15) is 6.79 Å². The van der Waals surface area contributed by atoms with Crippen molar-refractivity contribution in [2.75, 3.05) is 27.6 Å². The van der Waals surface area contributed by atoms with Gasteiger partial charge in [-0.1, -0.05) is 0 Å². The number of rotatable bonds is 5. The number of aliphatic hydroxyl groups is 1. The van der Waals surface area contributed by atoms with E-state index in [1.165, 1.54) is 14.2 Å². The van der Waals surface area contributed by atoms with E-state index in [0.29, 0.717) is 13.0 Å². The molecular formula is C10H18O6. The van der Waals surface area contributed by atoms with Gasteiger partial charge in [-0.3, -0.25) is 4.79 Å². The summed E-state index contributed by atoms with van der Waals surface area (Å²) in [5.41, 5.74) is 0. The molecule has 0 aromatic carbocycles. The van der Waals surface area contributed by atoms with Gasteiger partial charge in [0, 0.05) is 13.5 Å². The molecule has 0 bridgehead atoms. The van der Waals surface area contributed by atoms with Crippen molar-refractivity contribution in [2.24, 2.45) is 0 Å². The number of methoxy groups -OCH3 is 2. The van der Waals surface area contributed by atoms with Crippen molar-refractivity contribution in [3.63, 3.8) is 0 Å². The maximum absolute atomic E-state index is 11.1. The molecule has 1 heterocycles. The predicted octanol–water partition coefficient (Wildman–Crippen LogP) is 0.0376. The SMILES string of the molecule is COCO[C@@H]1CCOC(O)(CC(=O)OC)C1. The standard InChI is InChI=1S/C10H18O6/c1-13-7-15-8-3-4-16-10(12,5-8)6-9(11)14-2/h8,12H,3-7H2,1-2H3/t8-,10?/m1/s1. The van der Waals surface area contributed by atoms with Gasteiger partial charge in [0.2, 0.25) is 0 Å². The van der Waals surface area contributed by atoms with E-state index in [1.807, 2.05) is 0 Å². The minimum Gasteiger partial charge on any atom is -0.469 e. The van der Waals surface area contributed by atoms with E-state index in [-0.39, 0.29) is 25.7 Å². The Morgan fingerprint density at radius 2 is 2.31 bits per heavy atom. The van der Waals surface area contributed by atoms with Gasteiger partial charge >= 0.3 is 5.97 Å². The second kappa shape index (κ2) is 6.15. The van der Waals surface area contributed by atoms with Gasteiger partial charge in [-0.25, -0.2) is 0 Å². The van der Waals surface area contributed by atoms with Crippen molar-refractivity contribution in [2.45, 2.75) is 31.2 Å². The lowest BCUT2D eigenvalue weighted by atomic mass is 10.00. The monoisotopic (exact) mass is 234 g/mol. The van der Waals surface area contributed by atoms with Crippen LogP contribution in [0.1, 0.15) is 19.3 Å². The zero-order valence-corrected chi connectivity index (χ0v) is 9.60. The zero-order valence-electron chi connectivity index (χ0n) is 9.60. The van der Waals surface area contributed by atoms with Gasteiger partial charge in [0.05, 0.1) is 26.2 Å². The van der Waals surface area contributed by atoms with Crippen molar-refractivity contribution in [1.82, 2.24) is 0 Å². The fourth-order valence-corrected chi connectivity index (χ4v) is 1.62. The first kappa shape index (κ1) is 13.4. The van der Waals surface area contributed by atoms with Crippen LogP contribution in [0.3, 0.4) is 0 Å². The number of carbonyl (C=O) groups is 1. The lowest BCUT2D eigenvalue weighted by molar-refractivity contribution is -0.258. The van der Waals surface area contributed by atoms with Gasteiger partial charge in [-0.05, 0) is 6.42 Å². The van der Waals surface area contributed by atoms with Crippen LogP contribution in [0.2, 0.25) is 0 Å². The summed E-state index contributed by atoms with van der Waals surface area (Å²) >= 11 is 0. The van der Waals surface area contributed by atoms with Crippen molar-refractivity contribution >= 4 is 5.97 Å². The Balaban J connectivity index is 2.44. The molecular weight excluding hydrogens is 216 g/mol. The summed E-state index contributed by atoms with van der Waals surface area (Å²) in [6, 6.07) is 0. The van der Waals surface area contributed by atoms with Crippen LogP contribution in [0.25, 0.3) is 0 Å². The molecule has 6 heteroatoms. The van der Waals surface area contributed by atoms with Crippen LogP contribution in [-0.2, 0) is 23.7 Å². The molecule has 1 unspecified atom stereocenters. The van der Waals surface area contributed by atoms with Gasteiger partial charge in [0.25, 0.3) is 0 Å². The van der Waals surface area contributed by atoms with Crippen molar-refractivity contribution in [1.29, 1.82) is 0 Å². The third kappa shape index (κ3) is 4.05. The fourth-order valence-electron chi connectivity index (χ4n) is 1.62. The van der Waals surface area contributed by atoms with Gasteiger partial charge < -0.3 is 24.1 Å². The maximum atomic E-state index is 11.1. The summed E-state index contributed by atoms with van der Waals surface area (Å²) in [4.78, 5) is 11.1. The molecule has 0 amide bonds. The van der Waals surface area contributed by atoms with Crippen LogP contribution in [-0.4, -0.2) is 50.6 Å². The largest absolute Gasteiger partial charge is 0.469 e. The minimum absolute atomic E-state index is 0.164. The summed E-state index contributed by atoms with van der Waals surface area (Å²) in [6.07, 6.45) is 0.567. The summed E-state index contributed by atoms with van der Waals surface area (Å²) in [7, 11) is 2.80. The van der Waals surface area contributed by atoms with E-state index in [2.05, 4.69) is 4.74 Å². The molecule has 1 N–H and O–H groups in total. The summed E-state index contributed by atoms with van der Waals surface area (Å²) in [6.45, 7) is 0.515. The number of carbonyl (C=O) groups excluding carboxylic acids is 1. The van der Waals surface area contributed by atoms with Gasteiger partial charge in [-0.2, -0.15) is 0 Å². The first-order valence-electron chi connectivity index (χ1n) is 5.13. The molecule has 2 atom stereocenters. The molecule has 0 aromatic rings. The van der Waals surface area contributed by atoms with E-state index in [0.717, 1.165) is 0 Å². The van der Waals surface area contributed by atoms with Crippen LogP contribution in [0.4, 0.5) is 0 Å². The molecule has 1 fully saturated rings. The maximum Gasteiger partial charge on any atom is 0.310 e. The molecule has 1 rings (SSSR count). The van der Waals surface area contributed by atoms with E-state index in [9.17, 15) is 9.90 Å². The number of esters is 1. The van der Waals surface area contributed by atoms with Gasteiger partial charge in [0.15, 0.2) is 5.79 Å². The Hall–Kier alpha value is -0.690. The summed E-state index contributed by atoms with van der Waals surface area (Å²) < 4.78 is 19.8. The third-order valence-electron chi connectivity index (χ3n) is 2.43. The highest BCUT2D eigenvalue weighted by Crippen LogP contribution is 2.27. The molecule has 1 aliphatic heterocycles. The molecule has 0 saturated carbocycles. The first-order chi connectivity index (χ1) is 7.59. The average Bonchev–Trinajstić information content (AvgIpc) is 2.25. The Kier molecular flexibility index (Phi) is 5.14. The Morgan fingerprint density at radius 3 is 2.94 bits per heavy atom. The molecule has 1 aliphatic rings. The van der Waals surface area contributed by atoms with E-state index < -0.39 is 11.8 Å².